The smallest absolute Gasteiger partial charge is 0.387 e. The Morgan fingerprint density at radius 3 is 2.83 bits per heavy atom. The zero-order valence-electron chi connectivity index (χ0n) is 13.4. The van der Waals surface area contributed by atoms with E-state index in [-0.39, 0.29) is 23.4 Å². The number of benzene rings is 1. The number of carbonyl (C=O) groups is 1. The summed E-state index contributed by atoms with van der Waals surface area (Å²) >= 11 is 0. The number of carbonyl (C=O) groups excluding carboxylic acids is 1. The number of hydrogen-bond donors (Lipinski definition) is 1. The SMILES string of the molecule is COc1ccc(CN(C)C(=O)CC2CCCN2)cc1OC(F)F. The maximum Gasteiger partial charge on any atom is 0.387 e. The van der Waals surface area contributed by atoms with E-state index in [1.54, 1.807) is 24.1 Å². The van der Waals surface area contributed by atoms with Crippen LogP contribution in [0.2, 0.25) is 0 Å². The van der Waals surface area contributed by atoms with Gasteiger partial charge in [0.05, 0.1) is 7.11 Å². The maximum atomic E-state index is 12.4. The normalized spacial score (nSPS) is 17.3. The zero-order valence-corrected chi connectivity index (χ0v) is 13.4. The molecule has 0 radical (unpaired) electrons. The summed E-state index contributed by atoms with van der Waals surface area (Å²) in [5.74, 6) is 0.230. The molecular formula is C16H22F2N2O3. The molecule has 128 valence electrons. The van der Waals surface area contributed by atoms with Gasteiger partial charge in [-0.3, -0.25) is 4.79 Å². The Kier molecular flexibility index (Phi) is 6.15. The van der Waals surface area contributed by atoms with Gasteiger partial charge in [-0.25, -0.2) is 0 Å². The fourth-order valence-corrected chi connectivity index (χ4v) is 2.67. The van der Waals surface area contributed by atoms with Crippen LogP contribution in [0.4, 0.5) is 8.78 Å². The minimum absolute atomic E-state index is 0.0246. The molecule has 5 nitrogen and oxygen atoms in total. The van der Waals surface area contributed by atoms with Crippen molar-refractivity contribution < 1.29 is 23.0 Å². The number of rotatable bonds is 7. The zero-order chi connectivity index (χ0) is 16.8. The molecule has 0 aliphatic carbocycles. The molecule has 23 heavy (non-hydrogen) atoms. The summed E-state index contributed by atoms with van der Waals surface area (Å²) in [6.07, 6.45) is 2.55. The standard InChI is InChI=1S/C16H22F2N2O3/c1-20(15(21)9-12-4-3-7-19-12)10-11-5-6-13(22-2)14(8-11)23-16(17)18/h5-6,8,12,16,19H,3-4,7,9-10H2,1-2H3. The van der Waals surface area contributed by atoms with Gasteiger partial charge in [-0.15, -0.1) is 0 Å². The summed E-state index contributed by atoms with van der Waals surface area (Å²) in [5, 5.41) is 3.28. The first-order valence-corrected chi connectivity index (χ1v) is 7.58. The number of hydrogen-bond acceptors (Lipinski definition) is 4. The maximum absolute atomic E-state index is 12.4. The van der Waals surface area contributed by atoms with E-state index >= 15 is 0 Å². The predicted molar refractivity (Wildman–Crippen MR) is 81.7 cm³/mol. The minimum atomic E-state index is -2.92. The van der Waals surface area contributed by atoms with Crippen LogP contribution >= 0.6 is 0 Å². The number of amides is 1. The third-order valence-electron chi connectivity index (χ3n) is 3.87. The van der Waals surface area contributed by atoms with Gasteiger partial charge < -0.3 is 19.7 Å². The van der Waals surface area contributed by atoms with Crippen LogP contribution in [0, 0.1) is 0 Å². The Hall–Kier alpha value is -1.89. The predicted octanol–water partition coefficient (Wildman–Crippen LogP) is 2.40. The number of nitrogens with one attached hydrogen (secondary N) is 1. The lowest BCUT2D eigenvalue weighted by Crippen LogP contribution is -2.33. The summed E-state index contributed by atoms with van der Waals surface area (Å²) in [7, 11) is 3.09. The second-order valence-electron chi connectivity index (χ2n) is 5.61. The third-order valence-corrected chi connectivity index (χ3v) is 3.87. The third kappa shape index (κ3) is 5.06. The van der Waals surface area contributed by atoms with Crippen molar-refractivity contribution in [1.82, 2.24) is 10.2 Å². The second-order valence-corrected chi connectivity index (χ2v) is 5.61. The summed E-state index contributed by atoms with van der Waals surface area (Å²) in [6.45, 7) is -1.64. The molecule has 0 spiro atoms. The topological polar surface area (TPSA) is 50.8 Å². The van der Waals surface area contributed by atoms with E-state index in [9.17, 15) is 13.6 Å². The van der Waals surface area contributed by atoms with E-state index in [2.05, 4.69) is 10.1 Å². The van der Waals surface area contributed by atoms with Gasteiger partial charge in [-0.05, 0) is 37.1 Å². The van der Waals surface area contributed by atoms with E-state index in [0.29, 0.717) is 18.5 Å². The average Bonchev–Trinajstić information content (AvgIpc) is 2.99. The highest BCUT2D eigenvalue weighted by Gasteiger charge is 2.20. The molecule has 0 bridgehead atoms. The molecule has 1 unspecified atom stereocenters. The highest BCUT2D eigenvalue weighted by Crippen LogP contribution is 2.30. The van der Waals surface area contributed by atoms with Crippen LogP contribution in [0.5, 0.6) is 11.5 Å². The van der Waals surface area contributed by atoms with Gasteiger partial charge in [0.2, 0.25) is 5.91 Å². The lowest BCUT2D eigenvalue weighted by molar-refractivity contribution is -0.130. The quantitative estimate of drug-likeness (QED) is 0.835. The monoisotopic (exact) mass is 328 g/mol. The van der Waals surface area contributed by atoms with Crippen molar-refractivity contribution in [2.75, 3.05) is 20.7 Å². The fourth-order valence-electron chi connectivity index (χ4n) is 2.67. The van der Waals surface area contributed by atoms with E-state index in [1.807, 2.05) is 0 Å². The van der Waals surface area contributed by atoms with Gasteiger partial charge in [0, 0.05) is 26.1 Å². The van der Waals surface area contributed by atoms with Crippen LogP contribution in [-0.4, -0.2) is 44.2 Å². The molecule has 1 N–H and O–H groups in total. The molecule has 1 amide bonds. The molecular weight excluding hydrogens is 306 g/mol. The highest BCUT2D eigenvalue weighted by molar-refractivity contribution is 5.76. The van der Waals surface area contributed by atoms with Crippen LogP contribution in [-0.2, 0) is 11.3 Å². The summed E-state index contributed by atoms with van der Waals surface area (Å²) in [6, 6.07) is 5.00. The van der Waals surface area contributed by atoms with Crippen LogP contribution in [0.15, 0.2) is 18.2 Å². The molecule has 1 saturated heterocycles. The van der Waals surface area contributed by atoms with Crippen LogP contribution < -0.4 is 14.8 Å². The van der Waals surface area contributed by atoms with Crippen molar-refractivity contribution in [3.63, 3.8) is 0 Å². The lowest BCUT2D eigenvalue weighted by Gasteiger charge is -2.20. The van der Waals surface area contributed by atoms with Crippen molar-refractivity contribution in [1.29, 1.82) is 0 Å². The summed E-state index contributed by atoms with van der Waals surface area (Å²) in [4.78, 5) is 13.8. The van der Waals surface area contributed by atoms with Gasteiger partial charge in [0.1, 0.15) is 0 Å². The molecule has 2 rings (SSSR count). The molecule has 0 aromatic heterocycles. The van der Waals surface area contributed by atoms with Gasteiger partial charge in [0.25, 0.3) is 0 Å². The number of ether oxygens (including phenoxy) is 2. The Labute approximate surface area is 134 Å². The molecule has 1 aromatic rings. The molecule has 1 aliphatic heterocycles. The highest BCUT2D eigenvalue weighted by atomic mass is 19.3. The van der Waals surface area contributed by atoms with Crippen molar-refractivity contribution >= 4 is 5.91 Å². The van der Waals surface area contributed by atoms with Gasteiger partial charge in [0.15, 0.2) is 11.5 Å². The van der Waals surface area contributed by atoms with Gasteiger partial charge in [-0.1, -0.05) is 6.07 Å². The van der Waals surface area contributed by atoms with E-state index in [4.69, 9.17) is 4.74 Å². The summed E-state index contributed by atoms with van der Waals surface area (Å²) < 4.78 is 34.3. The second kappa shape index (κ2) is 8.10. The first kappa shape index (κ1) is 17.5. The Balaban J connectivity index is 1.99. The van der Waals surface area contributed by atoms with Crippen molar-refractivity contribution in [2.24, 2.45) is 0 Å². The number of methoxy groups -OCH3 is 1. The fraction of sp³-hybridized carbons (Fsp3) is 0.562. The van der Waals surface area contributed by atoms with Crippen LogP contribution in [0.3, 0.4) is 0 Å². The number of alkyl halides is 2. The van der Waals surface area contributed by atoms with E-state index in [0.717, 1.165) is 19.4 Å². The summed E-state index contributed by atoms with van der Waals surface area (Å²) in [5.41, 5.74) is 0.705. The molecule has 1 atom stereocenters. The molecule has 1 fully saturated rings. The number of halogens is 2. The van der Waals surface area contributed by atoms with E-state index in [1.165, 1.54) is 13.2 Å². The van der Waals surface area contributed by atoms with E-state index < -0.39 is 6.61 Å². The Morgan fingerprint density at radius 2 is 2.22 bits per heavy atom. The molecule has 0 saturated carbocycles. The number of nitrogens with zero attached hydrogens (tertiary/aromatic N) is 1. The van der Waals surface area contributed by atoms with Crippen molar-refractivity contribution in [2.45, 2.75) is 38.5 Å². The average molecular weight is 328 g/mol. The Morgan fingerprint density at radius 1 is 1.43 bits per heavy atom. The van der Waals surface area contributed by atoms with Crippen molar-refractivity contribution in [3.05, 3.63) is 23.8 Å². The van der Waals surface area contributed by atoms with Crippen LogP contribution in [0.1, 0.15) is 24.8 Å². The van der Waals surface area contributed by atoms with Crippen molar-refractivity contribution in [3.8, 4) is 11.5 Å². The first-order chi connectivity index (χ1) is 11.0. The molecule has 1 aliphatic rings. The van der Waals surface area contributed by atoms with Gasteiger partial charge >= 0.3 is 6.61 Å². The van der Waals surface area contributed by atoms with Crippen LogP contribution in [0.25, 0.3) is 0 Å². The Bertz CT molecular complexity index is 534. The minimum Gasteiger partial charge on any atom is -0.493 e. The lowest BCUT2D eigenvalue weighted by atomic mass is 10.1. The largest absolute Gasteiger partial charge is 0.493 e. The molecule has 1 heterocycles. The van der Waals surface area contributed by atoms with Gasteiger partial charge in [-0.2, -0.15) is 8.78 Å². The molecule has 7 heteroatoms. The first-order valence-electron chi connectivity index (χ1n) is 7.58. The molecule has 1 aromatic carbocycles.